The van der Waals surface area contributed by atoms with E-state index in [9.17, 15) is 4.79 Å². The second-order valence-corrected chi connectivity index (χ2v) is 7.16. The van der Waals surface area contributed by atoms with Crippen molar-refractivity contribution in [1.82, 2.24) is 14.8 Å². The van der Waals surface area contributed by atoms with Crippen LogP contribution in [-0.2, 0) is 11.3 Å². The smallest absolute Gasteiger partial charge is 0.259 e. The van der Waals surface area contributed by atoms with Crippen molar-refractivity contribution in [3.05, 3.63) is 52.7 Å². The molecule has 2 heterocycles. The average Bonchev–Trinajstić information content (AvgIpc) is 2.74. The number of ether oxygens (including phenoxy) is 3. The lowest BCUT2D eigenvalue weighted by Gasteiger charge is -2.35. The summed E-state index contributed by atoms with van der Waals surface area (Å²) in [5, 5.41) is 0.687. The molecule has 0 spiro atoms. The van der Waals surface area contributed by atoms with Gasteiger partial charge in [-0.1, -0.05) is 11.6 Å². The normalized spacial score (nSPS) is 14.7. The first-order valence-electron chi connectivity index (χ1n) is 9.53. The van der Waals surface area contributed by atoms with Crippen molar-refractivity contribution in [2.24, 2.45) is 0 Å². The third-order valence-corrected chi connectivity index (χ3v) is 5.06. The number of methoxy groups -OCH3 is 2. The molecule has 7 nitrogen and oxygen atoms in total. The summed E-state index contributed by atoms with van der Waals surface area (Å²) in [6.07, 6.45) is 1.62. The monoisotopic (exact) mass is 419 g/mol. The largest absolute Gasteiger partial charge is 0.496 e. The first kappa shape index (κ1) is 21.4. The van der Waals surface area contributed by atoms with Crippen molar-refractivity contribution in [3.63, 3.8) is 0 Å². The van der Waals surface area contributed by atoms with Crippen LogP contribution in [0.1, 0.15) is 15.9 Å². The molecule has 1 aliphatic rings. The van der Waals surface area contributed by atoms with Gasteiger partial charge in [0.1, 0.15) is 17.9 Å². The van der Waals surface area contributed by atoms with Gasteiger partial charge in [0, 0.05) is 56.6 Å². The van der Waals surface area contributed by atoms with Crippen molar-refractivity contribution >= 4 is 17.5 Å². The Morgan fingerprint density at radius 1 is 1.14 bits per heavy atom. The highest BCUT2D eigenvalue weighted by atomic mass is 35.5. The number of hydrogen-bond acceptors (Lipinski definition) is 6. The molecule has 3 rings (SSSR count). The molecule has 0 N–H and O–H groups in total. The lowest BCUT2D eigenvalue weighted by molar-refractivity contribution is 0.0620. The molecule has 156 valence electrons. The summed E-state index contributed by atoms with van der Waals surface area (Å²) in [5.74, 6) is 1.10. The summed E-state index contributed by atoms with van der Waals surface area (Å²) in [6.45, 7) is 4.31. The molecule has 1 fully saturated rings. The predicted octanol–water partition coefficient (Wildman–Crippen LogP) is 2.73. The SMILES string of the molecule is COCCOc1ncccc1C(=O)N1CCN(Cc2cc(Cl)ccc2OC)CC1. The minimum atomic E-state index is -0.0643. The zero-order chi connectivity index (χ0) is 20.6. The van der Waals surface area contributed by atoms with E-state index in [-0.39, 0.29) is 5.91 Å². The van der Waals surface area contributed by atoms with Gasteiger partial charge in [-0.3, -0.25) is 9.69 Å². The number of carbonyl (C=O) groups excluding carboxylic acids is 1. The van der Waals surface area contributed by atoms with Gasteiger partial charge >= 0.3 is 0 Å². The molecule has 1 aliphatic heterocycles. The van der Waals surface area contributed by atoms with E-state index in [1.165, 1.54) is 0 Å². The summed E-state index contributed by atoms with van der Waals surface area (Å²) in [5.41, 5.74) is 1.52. The van der Waals surface area contributed by atoms with Gasteiger partial charge in [-0.25, -0.2) is 4.98 Å². The number of aromatic nitrogens is 1. The summed E-state index contributed by atoms with van der Waals surface area (Å²) < 4.78 is 16.0. The van der Waals surface area contributed by atoms with Gasteiger partial charge < -0.3 is 19.1 Å². The van der Waals surface area contributed by atoms with Crippen LogP contribution < -0.4 is 9.47 Å². The molecule has 1 amide bonds. The summed E-state index contributed by atoms with van der Waals surface area (Å²) in [6, 6.07) is 9.13. The number of amides is 1. The van der Waals surface area contributed by atoms with E-state index in [1.807, 2.05) is 23.1 Å². The lowest BCUT2D eigenvalue weighted by Crippen LogP contribution is -2.48. The fourth-order valence-corrected chi connectivity index (χ4v) is 3.48. The molecule has 0 saturated carbocycles. The van der Waals surface area contributed by atoms with Gasteiger partial charge in [-0.05, 0) is 30.3 Å². The van der Waals surface area contributed by atoms with Gasteiger partial charge in [0.2, 0.25) is 5.88 Å². The number of nitrogens with zero attached hydrogens (tertiary/aromatic N) is 3. The number of pyridine rings is 1. The van der Waals surface area contributed by atoms with Crippen molar-refractivity contribution < 1.29 is 19.0 Å². The molecule has 0 aliphatic carbocycles. The number of rotatable bonds is 8. The molecule has 0 atom stereocenters. The molecule has 1 saturated heterocycles. The molecule has 1 aromatic heterocycles. The van der Waals surface area contributed by atoms with Crippen molar-refractivity contribution in [2.75, 3.05) is 53.6 Å². The predicted molar refractivity (Wildman–Crippen MR) is 111 cm³/mol. The zero-order valence-electron chi connectivity index (χ0n) is 16.8. The highest BCUT2D eigenvalue weighted by molar-refractivity contribution is 6.30. The maximum atomic E-state index is 13.0. The molecular formula is C21H26ClN3O4. The van der Waals surface area contributed by atoms with Gasteiger partial charge in [-0.2, -0.15) is 0 Å². The standard InChI is InChI=1S/C21H26ClN3O4/c1-27-12-13-29-20-18(4-3-7-23-20)21(26)25-10-8-24(9-11-25)15-16-14-17(22)5-6-19(16)28-2/h3-7,14H,8-13,15H2,1-2H3. The van der Waals surface area contributed by atoms with Crippen LogP contribution in [0, 0.1) is 0 Å². The van der Waals surface area contributed by atoms with Gasteiger partial charge in [0.25, 0.3) is 5.91 Å². The van der Waals surface area contributed by atoms with E-state index in [1.54, 1.807) is 32.5 Å². The van der Waals surface area contributed by atoms with Crippen molar-refractivity contribution in [3.8, 4) is 11.6 Å². The quantitative estimate of drug-likeness (QED) is 0.613. The van der Waals surface area contributed by atoms with Crippen LogP contribution in [0.5, 0.6) is 11.6 Å². The molecule has 8 heteroatoms. The maximum absolute atomic E-state index is 13.0. The van der Waals surface area contributed by atoms with Crippen LogP contribution in [0.4, 0.5) is 0 Å². The van der Waals surface area contributed by atoms with Crippen molar-refractivity contribution in [2.45, 2.75) is 6.54 Å². The van der Waals surface area contributed by atoms with Crippen LogP contribution in [0.3, 0.4) is 0 Å². The zero-order valence-corrected chi connectivity index (χ0v) is 17.5. The summed E-state index contributed by atoms with van der Waals surface area (Å²) >= 11 is 6.13. The van der Waals surface area contributed by atoms with Crippen LogP contribution >= 0.6 is 11.6 Å². The third-order valence-electron chi connectivity index (χ3n) is 4.82. The fourth-order valence-electron chi connectivity index (χ4n) is 3.28. The Kier molecular flexibility index (Phi) is 7.69. The van der Waals surface area contributed by atoms with Crippen LogP contribution in [0.2, 0.25) is 5.02 Å². The van der Waals surface area contributed by atoms with E-state index in [4.69, 9.17) is 25.8 Å². The molecule has 0 unspecified atom stereocenters. The van der Waals surface area contributed by atoms with Gasteiger partial charge in [-0.15, -0.1) is 0 Å². The first-order chi connectivity index (χ1) is 14.1. The molecule has 29 heavy (non-hydrogen) atoms. The second kappa shape index (κ2) is 10.4. The van der Waals surface area contributed by atoms with Crippen LogP contribution in [0.25, 0.3) is 0 Å². The highest BCUT2D eigenvalue weighted by Crippen LogP contribution is 2.25. The molecule has 0 bridgehead atoms. The number of hydrogen-bond donors (Lipinski definition) is 0. The van der Waals surface area contributed by atoms with Gasteiger partial charge in [0.15, 0.2) is 0 Å². The second-order valence-electron chi connectivity index (χ2n) is 6.72. The summed E-state index contributed by atoms with van der Waals surface area (Å²) in [7, 11) is 3.26. The van der Waals surface area contributed by atoms with Gasteiger partial charge in [0.05, 0.1) is 13.7 Å². The Labute approximate surface area is 176 Å². The van der Waals surface area contributed by atoms with Crippen LogP contribution in [-0.4, -0.2) is 74.3 Å². The first-order valence-corrected chi connectivity index (χ1v) is 9.91. The van der Waals surface area contributed by atoms with E-state index in [0.717, 1.165) is 30.9 Å². The van der Waals surface area contributed by atoms with E-state index < -0.39 is 0 Å². The Balaban J connectivity index is 1.60. The number of halogens is 1. The Morgan fingerprint density at radius 3 is 2.66 bits per heavy atom. The molecule has 1 aromatic carbocycles. The molecule has 2 aromatic rings. The van der Waals surface area contributed by atoms with E-state index in [2.05, 4.69) is 9.88 Å². The number of carbonyl (C=O) groups is 1. The minimum Gasteiger partial charge on any atom is -0.496 e. The van der Waals surface area contributed by atoms with Crippen LogP contribution in [0.15, 0.2) is 36.5 Å². The number of benzene rings is 1. The molecule has 0 radical (unpaired) electrons. The van der Waals surface area contributed by atoms with E-state index >= 15 is 0 Å². The highest BCUT2D eigenvalue weighted by Gasteiger charge is 2.25. The molecular weight excluding hydrogens is 394 g/mol. The van der Waals surface area contributed by atoms with E-state index in [0.29, 0.717) is 42.8 Å². The summed E-state index contributed by atoms with van der Waals surface area (Å²) in [4.78, 5) is 21.3. The average molecular weight is 420 g/mol. The maximum Gasteiger partial charge on any atom is 0.259 e. The van der Waals surface area contributed by atoms with Crippen molar-refractivity contribution in [1.29, 1.82) is 0 Å². The lowest BCUT2D eigenvalue weighted by atomic mass is 10.1. The topological polar surface area (TPSA) is 64.1 Å². The third kappa shape index (κ3) is 5.59. The minimum absolute atomic E-state index is 0.0643. The fraction of sp³-hybridized carbons (Fsp3) is 0.429. The number of piperazine rings is 1. The Morgan fingerprint density at radius 2 is 1.93 bits per heavy atom. The Bertz CT molecular complexity index is 825. The Hall–Kier alpha value is -2.35.